The molecule has 1 N–H and O–H groups in total. The molecule has 0 spiro atoms. The van der Waals surface area contributed by atoms with Crippen molar-refractivity contribution in [2.24, 2.45) is 0 Å². The summed E-state index contributed by atoms with van der Waals surface area (Å²) in [5, 5.41) is 0.904. The molecule has 0 radical (unpaired) electrons. The normalized spacial score (nSPS) is 12.4. The molecule has 1 unspecified atom stereocenters. The lowest BCUT2D eigenvalue weighted by atomic mass is 10.1. The topological polar surface area (TPSA) is 29.5 Å². The van der Waals surface area contributed by atoms with E-state index in [0.717, 1.165) is 11.7 Å². The van der Waals surface area contributed by atoms with Crippen LogP contribution in [0.4, 0.5) is 0 Å². The average molecular weight is 338 g/mol. The van der Waals surface area contributed by atoms with E-state index in [2.05, 4.69) is 6.92 Å². The van der Waals surface area contributed by atoms with Gasteiger partial charge in [-0.1, -0.05) is 95.8 Å². The van der Waals surface area contributed by atoms with Gasteiger partial charge in [-0.3, -0.25) is 0 Å². The molecular weight excluding hydrogens is 303 g/mol. The van der Waals surface area contributed by atoms with E-state index in [1.165, 1.54) is 70.6 Å². The molecule has 1 atom stereocenters. The minimum atomic E-state index is -1.41. The molecule has 0 amide bonds. The third kappa shape index (κ3) is 11.7. The van der Waals surface area contributed by atoms with E-state index >= 15 is 0 Å². The van der Waals surface area contributed by atoms with Crippen molar-refractivity contribution in [2.45, 2.75) is 84.0 Å². The molecule has 0 saturated heterocycles. The van der Waals surface area contributed by atoms with Gasteiger partial charge in [-0.2, -0.15) is 0 Å². The van der Waals surface area contributed by atoms with Crippen molar-refractivity contribution in [1.29, 1.82) is 0 Å². The Morgan fingerprint density at radius 3 is 1.74 bits per heavy atom. The van der Waals surface area contributed by atoms with Gasteiger partial charge in [-0.15, -0.1) is 0 Å². The number of benzene rings is 1. The Kier molecular flexibility index (Phi) is 13.6. The number of unbranched alkanes of at least 4 members (excludes halogenated alkanes) is 11. The fraction of sp³-hybridized carbons (Fsp3) is 0.700. The maximum atomic E-state index is 9.94. The van der Waals surface area contributed by atoms with Gasteiger partial charge in [0.25, 0.3) is 0 Å². The molecule has 2 nitrogen and oxygen atoms in total. The van der Waals surface area contributed by atoms with Gasteiger partial charge in [0.2, 0.25) is 8.38 Å². The molecular formula is C20H35O2P. The Morgan fingerprint density at radius 1 is 0.739 bits per heavy atom. The van der Waals surface area contributed by atoms with E-state index in [1.807, 2.05) is 30.3 Å². The molecule has 3 heteroatoms. The predicted molar refractivity (Wildman–Crippen MR) is 102 cm³/mol. The molecule has 1 aromatic rings. The van der Waals surface area contributed by atoms with Crippen LogP contribution in [0.3, 0.4) is 0 Å². The Hall–Kier alpha value is -0.430. The minimum absolute atomic E-state index is 0.675. The molecule has 0 bridgehead atoms. The maximum Gasteiger partial charge on any atom is 0.202 e. The van der Waals surface area contributed by atoms with Crippen LogP contribution in [-0.4, -0.2) is 11.5 Å². The van der Waals surface area contributed by atoms with Crippen LogP contribution < -0.4 is 5.30 Å². The van der Waals surface area contributed by atoms with Gasteiger partial charge >= 0.3 is 0 Å². The summed E-state index contributed by atoms with van der Waals surface area (Å²) in [5.74, 6) is 0. The van der Waals surface area contributed by atoms with Crippen LogP contribution in [0.5, 0.6) is 0 Å². The summed E-state index contributed by atoms with van der Waals surface area (Å²) in [6, 6.07) is 9.68. The summed E-state index contributed by atoms with van der Waals surface area (Å²) >= 11 is 0. The summed E-state index contributed by atoms with van der Waals surface area (Å²) < 4.78 is 5.54. The van der Waals surface area contributed by atoms with Gasteiger partial charge in [0, 0.05) is 5.30 Å². The lowest BCUT2D eigenvalue weighted by Crippen LogP contribution is -2.02. The highest BCUT2D eigenvalue weighted by atomic mass is 31.2. The van der Waals surface area contributed by atoms with Crippen molar-refractivity contribution in [3.05, 3.63) is 30.3 Å². The van der Waals surface area contributed by atoms with Gasteiger partial charge in [0.1, 0.15) is 0 Å². The van der Waals surface area contributed by atoms with Crippen molar-refractivity contribution < 1.29 is 9.42 Å². The SMILES string of the molecule is CCCCCCCCCCCCCCOP(O)c1ccccc1. The predicted octanol–water partition coefficient (Wildman–Crippen LogP) is 6.33. The van der Waals surface area contributed by atoms with Gasteiger partial charge in [0.05, 0.1) is 6.61 Å². The van der Waals surface area contributed by atoms with Crippen LogP contribution in [0, 0.1) is 0 Å². The van der Waals surface area contributed by atoms with Crippen LogP contribution in [0.25, 0.3) is 0 Å². The van der Waals surface area contributed by atoms with Crippen LogP contribution in [0.1, 0.15) is 84.0 Å². The van der Waals surface area contributed by atoms with E-state index in [-0.39, 0.29) is 0 Å². The van der Waals surface area contributed by atoms with Gasteiger partial charge in [0.15, 0.2) is 0 Å². The fourth-order valence-electron chi connectivity index (χ4n) is 2.72. The van der Waals surface area contributed by atoms with E-state index in [0.29, 0.717) is 6.61 Å². The van der Waals surface area contributed by atoms with Gasteiger partial charge in [-0.25, -0.2) is 0 Å². The van der Waals surface area contributed by atoms with Crippen LogP contribution in [0.2, 0.25) is 0 Å². The van der Waals surface area contributed by atoms with E-state index in [1.54, 1.807) is 0 Å². The maximum absolute atomic E-state index is 9.94. The molecule has 1 aromatic carbocycles. The highest BCUT2D eigenvalue weighted by Crippen LogP contribution is 2.30. The summed E-state index contributed by atoms with van der Waals surface area (Å²) in [5.41, 5.74) is 0. The quantitative estimate of drug-likeness (QED) is 0.299. The first kappa shape index (κ1) is 20.6. The number of rotatable bonds is 15. The first-order valence-electron chi connectivity index (χ1n) is 9.51. The molecule has 0 saturated carbocycles. The van der Waals surface area contributed by atoms with E-state index in [9.17, 15) is 4.89 Å². The van der Waals surface area contributed by atoms with E-state index < -0.39 is 8.38 Å². The van der Waals surface area contributed by atoms with Crippen molar-refractivity contribution in [1.82, 2.24) is 0 Å². The van der Waals surface area contributed by atoms with Crippen molar-refractivity contribution >= 4 is 13.7 Å². The molecule has 0 aliphatic heterocycles. The average Bonchev–Trinajstić information content (AvgIpc) is 2.59. The molecule has 0 heterocycles. The Labute approximate surface area is 144 Å². The zero-order valence-corrected chi connectivity index (χ0v) is 15.8. The molecule has 23 heavy (non-hydrogen) atoms. The number of hydrogen-bond donors (Lipinski definition) is 1. The lowest BCUT2D eigenvalue weighted by Gasteiger charge is -2.10. The third-order valence-corrected chi connectivity index (χ3v) is 5.36. The first-order valence-corrected chi connectivity index (χ1v) is 10.7. The summed E-state index contributed by atoms with van der Waals surface area (Å²) in [6.07, 6.45) is 16.1. The molecule has 132 valence electrons. The largest absolute Gasteiger partial charge is 0.346 e. The second-order valence-electron chi connectivity index (χ2n) is 6.33. The number of hydrogen-bond acceptors (Lipinski definition) is 2. The second-order valence-corrected chi connectivity index (χ2v) is 7.65. The molecule has 0 aliphatic carbocycles. The van der Waals surface area contributed by atoms with Gasteiger partial charge in [-0.05, 0) is 18.6 Å². The fourth-order valence-corrected chi connectivity index (χ4v) is 3.60. The van der Waals surface area contributed by atoms with Crippen molar-refractivity contribution in [3.8, 4) is 0 Å². The minimum Gasteiger partial charge on any atom is -0.346 e. The van der Waals surface area contributed by atoms with Gasteiger partial charge < -0.3 is 9.42 Å². The zero-order chi connectivity index (χ0) is 16.6. The Bertz CT molecular complexity index is 356. The van der Waals surface area contributed by atoms with Crippen LogP contribution >= 0.6 is 8.38 Å². The third-order valence-electron chi connectivity index (χ3n) is 4.19. The second kappa shape index (κ2) is 15.1. The molecule has 0 fully saturated rings. The smallest absolute Gasteiger partial charge is 0.202 e. The summed E-state index contributed by atoms with van der Waals surface area (Å²) in [7, 11) is -1.41. The monoisotopic (exact) mass is 338 g/mol. The Balaban J connectivity index is 1.81. The van der Waals surface area contributed by atoms with E-state index in [4.69, 9.17) is 4.52 Å². The summed E-state index contributed by atoms with van der Waals surface area (Å²) in [4.78, 5) is 9.94. The van der Waals surface area contributed by atoms with Crippen molar-refractivity contribution in [3.63, 3.8) is 0 Å². The van der Waals surface area contributed by atoms with Crippen molar-refractivity contribution in [2.75, 3.05) is 6.61 Å². The lowest BCUT2D eigenvalue weighted by molar-refractivity contribution is 0.305. The molecule has 1 rings (SSSR count). The highest BCUT2D eigenvalue weighted by molar-refractivity contribution is 7.55. The standard InChI is InChI=1S/C20H35O2P/c1-2-3-4-5-6-7-8-9-10-11-12-16-19-22-23(21)20-17-14-13-15-18-20/h13-15,17-18,21H,2-12,16,19H2,1H3. The van der Waals surface area contributed by atoms with Crippen LogP contribution in [-0.2, 0) is 4.52 Å². The zero-order valence-electron chi connectivity index (χ0n) is 14.9. The first-order chi connectivity index (χ1) is 11.3. The molecule has 0 aromatic heterocycles. The van der Waals surface area contributed by atoms with Crippen LogP contribution in [0.15, 0.2) is 30.3 Å². The highest BCUT2D eigenvalue weighted by Gasteiger charge is 2.07. The summed E-state index contributed by atoms with van der Waals surface area (Å²) in [6.45, 7) is 2.95. The molecule has 0 aliphatic rings. The Morgan fingerprint density at radius 2 is 1.22 bits per heavy atom.